The molecule has 1 atom stereocenters. The van der Waals surface area contributed by atoms with Gasteiger partial charge in [-0.3, -0.25) is 9.56 Å². The Morgan fingerprint density at radius 1 is 1.03 bits per heavy atom. The van der Waals surface area contributed by atoms with Gasteiger partial charge in [-0.15, -0.1) is 0 Å². The van der Waals surface area contributed by atoms with Crippen molar-refractivity contribution in [1.82, 2.24) is 14.3 Å². The molecular weight excluding hydrogens is 531 g/mol. The van der Waals surface area contributed by atoms with Crippen molar-refractivity contribution in [3.8, 4) is 0 Å². The van der Waals surface area contributed by atoms with Gasteiger partial charge < -0.3 is 4.74 Å². The second-order valence-corrected chi connectivity index (χ2v) is 10.8. The number of benzene rings is 3. The summed E-state index contributed by atoms with van der Waals surface area (Å²) in [5, 5.41) is 6.07. The summed E-state index contributed by atoms with van der Waals surface area (Å²) in [6, 6.07) is 24.0. The molecule has 0 amide bonds. The van der Waals surface area contributed by atoms with Crippen molar-refractivity contribution in [2.24, 2.45) is 4.99 Å². The molecule has 0 fully saturated rings. The van der Waals surface area contributed by atoms with Crippen LogP contribution in [-0.2, 0) is 36.2 Å². The van der Waals surface area contributed by atoms with Crippen LogP contribution in [0.1, 0.15) is 47.8 Å². The van der Waals surface area contributed by atoms with Crippen LogP contribution in [-0.4, -0.2) is 33.8 Å². The first-order valence-electron chi connectivity index (χ1n) is 13.2. The first kappa shape index (κ1) is 27.4. The molecule has 3 aromatic carbocycles. The second-order valence-electron chi connectivity index (χ2n) is 9.89. The Bertz CT molecular complexity index is 1520. The minimum Gasteiger partial charge on any atom is -0.383 e. The highest BCUT2D eigenvalue weighted by atomic mass is 35.5. The summed E-state index contributed by atoms with van der Waals surface area (Å²) in [5.74, 6) is 0.606. The molecule has 0 unspecified atom stereocenters. The summed E-state index contributed by atoms with van der Waals surface area (Å²) in [6.07, 6.45) is 2.89. The quantitative estimate of drug-likeness (QED) is 0.212. The van der Waals surface area contributed by atoms with Crippen LogP contribution in [0, 0.1) is 0 Å². The zero-order chi connectivity index (χ0) is 27.4. The number of methoxy groups -OCH3 is 1. The van der Waals surface area contributed by atoms with Crippen molar-refractivity contribution in [1.29, 1.82) is 0 Å². The standard InChI is InChI=1S/C31H32Cl2N4O2/c1-3-31(17-16-23-6-4-5-7-27(23)31)29(24-10-14-26(33)15-11-24)34-20-28-35-37(30(38)36(28)18-19-39-2)21-22-8-12-25(32)13-9-22/h4-15H,3,16-21H2,1-2H3/t31-/m1/s1. The fourth-order valence-corrected chi connectivity index (χ4v) is 5.87. The van der Waals surface area contributed by atoms with E-state index < -0.39 is 0 Å². The largest absolute Gasteiger partial charge is 0.383 e. The number of nitrogens with zero attached hydrogens (tertiary/aromatic N) is 4. The molecule has 8 heteroatoms. The molecule has 0 N–H and O–H groups in total. The molecule has 1 heterocycles. The van der Waals surface area contributed by atoms with E-state index >= 15 is 0 Å². The average molecular weight is 564 g/mol. The van der Waals surface area contributed by atoms with Gasteiger partial charge in [-0.1, -0.05) is 78.7 Å². The van der Waals surface area contributed by atoms with Gasteiger partial charge in [0, 0.05) is 22.6 Å². The van der Waals surface area contributed by atoms with Crippen molar-refractivity contribution in [2.75, 3.05) is 13.7 Å². The van der Waals surface area contributed by atoms with E-state index in [-0.39, 0.29) is 17.6 Å². The Morgan fingerprint density at radius 2 is 1.72 bits per heavy atom. The van der Waals surface area contributed by atoms with Crippen LogP contribution in [0.15, 0.2) is 82.6 Å². The molecule has 1 aliphatic rings. The normalized spacial score (nSPS) is 17.0. The molecule has 4 aromatic rings. The predicted octanol–water partition coefficient (Wildman–Crippen LogP) is 6.33. The highest BCUT2D eigenvalue weighted by molar-refractivity contribution is 6.31. The molecular formula is C31H32Cl2N4O2. The van der Waals surface area contributed by atoms with Crippen LogP contribution in [0.5, 0.6) is 0 Å². The number of aliphatic imine (C=N–C) groups is 1. The van der Waals surface area contributed by atoms with E-state index in [1.165, 1.54) is 15.8 Å². The maximum atomic E-state index is 13.4. The van der Waals surface area contributed by atoms with Gasteiger partial charge in [-0.05, 0) is 65.8 Å². The lowest BCUT2D eigenvalue weighted by Crippen LogP contribution is -2.34. The van der Waals surface area contributed by atoms with E-state index in [1.54, 1.807) is 11.7 Å². The van der Waals surface area contributed by atoms with Gasteiger partial charge in [0.25, 0.3) is 0 Å². The lowest BCUT2D eigenvalue weighted by molar-refractivity contribution is 0.185. The highest BCUT2D eigenvalue weighted by Crippen LogP contribution is 2.44. The van der Waals surface area contributed by atoms with E-state index in [2.05, 4.69) is 31.2 Å². The van der Waals surface area contributed by atoms with Gasteiger partial charge in [0.15, 0.2) is 5.82 Å². The molecule has 1 aromatic heterocycles. The highest BCUT2D eigenvalue weighted by Gasteiger charge is 2.42. The monoisotopic (exact) mass is 562 g/mol. The summed E-state index contributed by atoms with van der Waals surface area (Å²) in [5.41, 5.74) is 5.26. The number of hydrogen-bond acceptors (Lipinski definition) is 4. The number of aromatic nitrogens is 3. The Hall–Kier alpha value is -3.19. The molecule has 39 heavy (non-hydrogen) atoms. The number of ether oxygens (including phenoxy) is 1. The number of rotatable bonds is 10. The number of halogens is 2. The number of aryl methyl sites for hydroxylation is 1. The molecule has 0 aliphatic heterocycles. The SMILES string of the molecule is CC[C@@]1(C(=NCc2nn(Cc3ccc(Cl)cc3)c(=O)n2CCOC)c2ccc(Cl)cc2)CCc2ccccc21. The van der Waals surface area contributed by atoms with E-state index in [9.17, 15) is 4.79 Å². The topological polar surface area (TPSA) is 61.4 Å². The Morgan fingerprint density at radius 3 is 2.41 bits per heavy atom. The van der Waals surface area contributed by atoms with Gasteiger partial charge in [0.2, 0.25) is 0 Å². The lowest BCUT2D eigenvalue weighted by Gasteiger charge is -2.32. The fourth-order valence-electron chi connectivity index (χ4n) is 5.62. The third-order valence-electron chi connectivity index (χ3n) is 7.67. The van der Waals surface area contributed by atoms with E-state index in [0.717, 1.165) is 36.1 Å². The summed E-state index contributed by atoms with van der Waals surface area (Å²) in [6.45, 7) is 3.65. The minimum atomic E-state index is -0.228. The zero-order valence-corrected chi connectivity index (χ0v) is 23.8. The molecule has 0 spiro atoms. The smallest absolute Gasteiger partial charge is 0.346 e. The van der Waals surface area contributed by atoms with E-state index in [4.69, 9.17) is 38.0 Å². The third kappa shape index (κ3) is 5.60. The second kappa shape index (κ2) is 11.9. The first-order valence-corrected chi connectivity index (χ1v) is 14.0. The van der Waals surface area contributed by atoms with Crippen molar-refractivity contribution < 1.29 is 4.74 Å². The molecule has 1 aliphatic carbocycles. The molecule has 0 saturated heterocycles. The molecule has 0 bridgehead atoms. The van der Waals surface area contributed by atoms with Gasteiger partial charge in [0.05, 0.1) is 32.0 Å². The van der Waals surface area contributed by atoms with Crippen LogP contribution in [0.3, 0.4) is 0 Å². The molecule has 202 valence electrons. The molecule has 0 saturated carbocycles. The average Bonchev–Trinajstić information content (AvgIpc) is 3.47. The van der Waals surface area contributed by atoms with Crippen molar-refractivity contribution in [3.63, 3.8) is 0 Å². The van der Waals surface area contributed by atoms with Gasteiger partial charge in [-0.25, -0.2) is 9.48 Å². The van der Waals surface area contributed by atoms with Crippen LogP contribution >= 0.6 is 23.2 Å². The summed E-state index contributed by atoms with van der Waals surface area (Å²) in [4.78, 5) is 18.6. The molecule has 5 rings (SSSR count). The zero-order valence-electron chi connectivity index (χ0n) is 22.2. The van der Waals surface area contributed by atoms with E-state index in [1.807, 2.05) is 48.5 Å². The maximum absolute atomic E-state index is 13.4. The molecule has 0 radical (unpaired) electrons. The number of fused-ring (bicyclic) bond motifs is 1. The summed E-state index contributed by atoms with van der Waals surface area (Å²) >= 11 is 12.3. The van der Waals surface area contributed by atoms with Gasteiger partial charge in [0.1, 0.15) is 0 Å². The molecule has 6 nitrogen and oxygen atoms in total. The number of hydrogen-bond donors (Lipinski definition) is 0. The summed E-state index contributed by atoms with van der Waals surface area (Å²) in [7, 11) is 1.63. The van der Waals surface area contributed by atoms with E-state index in [0.29, 0.717) is 35.6 Å². The van der Waals surface area contributed by atoms with Crippen LogP contribution in [0.4, 0.5) is 0 Å². The van der Waals surface area contributed by atoms with Crippen molar-refractivity contribution in [3.05, 3.63) is 121 Å². The Labute approximate surface area is 238 Å². The minimum absolute atomic E-state index is 0.184. The maximum Gasteiger partial charge on any atom is 0.346 e. The lowest BCUT2D eigenvalue weighted by atomic mass is 9.72. The Balaban J connectivity index is 1.57. The predicted molar refractivity (Wildman–Crippen MR) is 157 cm³/mol. The van der Waals surface area contributed by atoms with Gasteiger partial charge in [-0.2, -0.15) is 5.10 Å². The summed E-state index contributed by atoms with van der Waals surface area (Å²) < 4.78 is 8.46. The Kier molecular flexibility index (Phi) is 8.36. The first-order chi connectivity index (χ1) is 18.9. The van der Waals surface area contributed by atoms with Crippen molar-refractivity contribution >= 4 is 28.9 Å². The van der Waals surface area contributed by atoms with Gasteiger partial charge >= 0.3 is 5.69 Å². The van der Waals surface area contributed by atoms with Crippen LogP contribution in [0.2, 0.25) is 10.0 Å². The van der Waals surface area contributed by atoms with Crippen LogP contribution in [0.25, 0.3) is 0 Å². The van der Waals surface area contributed by atoms with Crippen LogP contribution < -0.4 is 5.69 Å². The third-order valence-corrected chi connectivity index (χ3v) is 8.18. The van der Waals surface area contributed by atoms with Crippen molar-refractivity contribution in [2.45, 2.75) is 51.2 Å². The fraction of sp³-hybridized carbons (Fsp3) is 0.323.